The Morgan fingerprint density at radius 3 is 2.73 bits per heavy atom. The quantitative estimate of drug-likeness (QED) is 0.741. The molecular weight excluding hydrogens is 330 g/mol. The average molecular weight is 364 g/mol. The Hall–Kier alpha value is -1.18. The lowest BCUT2D eigenvalue weighted by atomic mass is 10.1. The summed E-state index contributed by atoms with van der Waals surface area (Å²) in [7, 11) is 2.15. The van der Waals surface area contributed by atoms with E-state index in [0.29, 0.717) is 12.6 Å². The lowest BCUT2D eigenvalue weighted by Gasteiger charge is -2.39. The first-order valence-corrected chi connectivity index (χ1v) is 9.80. The molecular formula is C20H33N3O3. The molecule has 2 heterocycles. The first kappa shape index (κ1) is 19.6. The molecule has 0 saturated carbocycles. The molecule has 1 aromatic rings. The van der Waals surface area contributed by atoms with Crippen molar-refractivity contribution in [2.24, 2.45) is 0 Å². The van der Waals surface area contributed by atoms with E-state index in [1.807, 2.05) is 6.07 Å². The number of ether oxygens (including phenoxy) is 2. The molecule has 1 aromatic carbocycles. The maximum atomic E-state index is 9.28. The number of hydrogen-bond acceptors (Lipinski definition) is 6. The summed E-state index contributed by atoms with van der Waals surface area (Å²) in [4.78, 5) is 7.23. The van der Waals surface area contributed by atoms with Gasteiger partial charge in [-0.1, -0.05) is 18.2 Å². The Labute approximate surface area is 157 Å². The van der Waals surface area contributed by atoms with Crippen LogP contribution in [0.5, 0.6) is 5.75 Å². The van der Waals surface area contributed by atoms with Crippen LogP contribution >= 0.6 is 0 Å². The van der Waals surface area contributed by atoms with Crippen LogP contribution in [0.25, 0.3) is 0 Å². The third kappa shape index (κ3) is 5.66. The van der Waals surface area contributed by atoms with E-state index in [4.69, 9.17) is 9.47 Å². The average Bonchev–Trinajstić information content (AvgIpc) is 2.67. The first-order valence-electron chi connectivity index (χ1n) is 9.80. The van der Waals surface area contributed by atoms with Crippen molar-refractivity contribution in [3.8, 4) is 5.75 Å². The van der Waals surface area contributed by atoms with Crippen LogP contribution < -0.4 is 4.74 Å². The van der Waals surface area contributed by atoms with Gasteiger partial charge in [0.1, 0.15) is 12.4 Å². The summed E-state index contributed by atoms with van der Waals surface area (Å²) < 4.78 is 11.5. The Kier molecular flexibility index (Phi) is 7.70. The van der Waals surface area contributed by atoms with Crippen molar-refractivity contribution in [2.45, 2.75) is 19.0 Å². The van der Waals surface area contributed by atoms with Gasteiger partial charge < -0.3 is 19.5 Å². The zero-order valence-corrected chi connectivity index (χ0v) is 16.0. The minimum atomic E-state index is 0.254. The molecule has 146 valence electrons. The maximum absolute atomic E-state index is 9.28. The van der Waals surface area contributed by atoms with Gasteiger partial charge in [-0.05, 0) is 19.5 Å². The van der Waals surface area contributed by atoms with Crippen LogP contribution in [0.4, 0.5) is 0 Å². The van der Waals surface area contributed by atoms with Crippen LogP contribution in [0.1, 0.15) is 12.0 Å². The second-order valence-corrected chi connectivity index (χ2v) is 7.29. The van der Waals surface area contributed by atoms with Crippen LogP contribution in [0.15, 0.2) is 24.3 Å². The van der Waals surface area contributed by atoms with Gasteiger partial charge in [0.15, 0.2) is 0 Å². The fourth-order valence-electron chi connectivity index (χ4n) is 3.74. The number of likely N-dealkylation sites (N-methyl/N-ethyl adjacent to an activating group) is 1. The zero-order valence-electron chi connectivity index (χ0n) is 16.0. The molecule has 26 heavy (non-hydrogen) atoms. The van der Waals surface area contributed by atoms with Crippen molar-refractivity contribution in [1.29, 1.82) is 0 Å². The SMILES string of the molecule is CN1CCN(Cc2ccccc2OCCN2CCOCC2)C[C@@H]1CCO. The van der Waals surface area contributed by atoms with E-state index in [0.717, 1.165) is 71.2 Å². The highest BCUT2D eigenvalue weighted by Crippen LogP contribution is 2.22. The number of nitrogens with zero attached hydrogens (tertiary/aromatic N) is 3. The highest BCUT2D eigenvalue weighted by molar-refractivity contribution is 5.33. The van der Waals surface area contributed by atoms with Gasteiger partial charge in [-0.2, -0.15) is 0 Å². The first-order chi connectivity index (χ1) is 12.8. The molecule has 3 rings (SSSR count). The Bertz CT molecular complexity index is 537. The summed E-state index contributed by atoms with van der Waals surface area (Å²) in [6.45, 7) is 9.58. The molecule has 0 spiro atoms. The van der Waals surface area contributed by atoms with Crippen LogP contribution in [0.2, 0.25) is 0 Å². The standard InChI is InChI=1S/C20H33N3O3/c1-21-7-8-23(17-19(21)6-12-24)16-18-4-2-3-5-20(18)26-15-11-22-9-13-25-14-10-22/h2-5,19,24H,6-17H2,1H3/t19-/m0/s1. The molecule has 1 atom stereocenters. The highest BCUT2D eigenvalue weighted by atomic mass is 16.5. The van der Waals surface area contributed by atoms with Gasteiger partial charge in [0, 0.05) is 64.0 Å². The van der Waals surface area contributed by atoms with E-state index >= 15 is 0 Å². The Morgan fingerprint density at radius 2 is 1.92 bits per heavy atom. The van der Waals surface area contributed by atoms with E-state index in [2.05, 4.69) is 39.9 Å². The van der Waals surface area contributed by atoms with Gasteiger partial charge in [0.25, 0.3) is 0 Å². The fourth-order valence-corrected chi connectivity index (χ4v) is 3.74. The van der Waals surface area contributed by atoms with Crippen molar-refractivity contribution in [2.75, 3.05) is 72.7 Å². The van der Waals surface area contributed by atoms with E-state index in [9.17, 15) is 5.11 Å². The summed E-state index contributed by atoms with van der Waals surface area (Å²) in [5.74, 6) is 0.999. The molecule has 0 unspecified atom stereocenters. The van der Waals surface area contributed by atoms with Crippen molar-refractivity contribution in [1.82, 2.24) is 14.7 Å². The molecule has 0 radical (unpaired) electrons. The summed E-state index contributed by atoms with van der Waals surface area (Å²) in [5, 5.41) is 9.28. The Morgan fingerprint density at radius 1 is 1.12 bits per heavy atom. The van der Waals surface area contributed by atoms with Crippen LogP contribution in [0, 0.1) is 0 Å². The minimum Gasteiger partial charge on any atom is -0.492 e. The molecule has 0 amide bonds. The zero-order chi connectivity index (χ0) is 18.2. The summed E-state index contributed by atoms with van der Waals surface area (Å²) in [6.07, 6.45) is 0.838. The van der Waals surface area contributed by atoms with Gasteiger partial charge in [-0.3, -0.25) is 9.80 Å². The van der Waals surface area contributed by atoms with Crippen molar-refractivity contribution >= 4 is 0 Å². The molecule has 0 aliphatic carbocycles. The van der Waals surface area contributed by atoms with Crippen molar-refractivity contribution in [3.05, 3.63) is 29.8 Å². The van der Waals surface area contributed by atoms with Gasteiger partial charge in [0.05, 0.1) is 13.2 Å². The van der Waals surface area contributed by atoms with Crippen LogP contribution in [-0.4, -0.2) is 98.6 Å². The van der Waals surface area contributed by atoms with Crippen LogP contribution in [0.3, 0.4) is 0 Å². The molecule has 6 heteroatoms. The predicted molar refractivity (Wildman–Crippen MR) is 103 cm³/mol. The lowest BCUT2D eigenvalue weighted by molar-refractivity contribution is 0.0320. The monoisotopic (exact) mass is 363 g/mol. The maximum Gasteiger partial charge on any atom is 0.123 e. The van der Waals surface area contributed by atoms with E-state index in [1.165, 1.54) is 5.56 Å². The number of morpholine rings is 1. The molecule has 6 nitrogen and oxygen atoms in total. The molecule has 2 aliphatic rings. The second-order valence-electron chi connectivity index (χ2n) is 7.29. The number of hydrogen-bond donors (Lipinski definition) is 1. The third-order valence-corrected chi connectivity index (χ3v) is 5.46. The minimum absolute atomic E-state index is 0.254. The van der Waals surface area contributed by atoms with Gasteiger partial charge in [-0.15, -0.1) is 0 Å². The number of para-hydroxylation sites is 1. The molecule has 2 fully saturated rings. The van der Waals surface area contributed by atoms with Gasteiger partial charge in [-0.25, -0.2) is 0 Å². The highest BCUT2D eigenvalue weighted by Gasteiger charge is 2.24. The fraction of sp³-hybridized carbons (Fsp3) is 0.700. The predicted octanol–water partition coefficient (Wildman–Crippen LogP) is 0.896. The molecule has 0 bridgehead atoms. The lowest BCUT2D eigenvalue weighted by Crippen LogP contribution is -2.51. The summed E-state index contributed by atoms with van der Waals surface area (Å²) in [5.41, 5.74) is 1.25. The number of rotatable bonds is 8. The van der Waals surface area contributed by atoms with Crippen LogP contribution in [-0.2, 0) is 11.3 Å². The number of benzene rings is 1. The third-order valence-electron chi connectivity index (χ3n) is 5.46. The van der Waals surface area contributed by atoms with E-state index in [-0.39, 0.29) is 6.61 Å². The smallest absolute Gasteiger partial charge is 0.123 e. The largest absolute Gasteiger partial charge is 0.492 e. The number of aliphatic hydroxyl groups is 1. The molecule has 2 saturated heterocycles. The second kappa shape index (κ2) is 10.2. The number of aliphatic hydroxyl groups excluding tert-OH is 1. The topological polar surface area (TPSA) is 48.4 Å². The summed E-state index contributed by atoms with van der Waals surface area (Å²) >= 11 is 0. The normalized spacial score (nSPS) is 23.2. The van der Waals surface area contributed by atoms with Crippen molar-refractivity contribution in [3.63, 3.8) is 0 Å². The van der Waals surface area contributed by atoms with Gasteiger partial charge in [0.2, 0.25) is 0 Å². The summed E-state index contributed by atoms with van der Waals surface area (Å²) in [6, 6.07) is 8.82. The number of piperazine rings is 1. The molecule has 1 N–H and O–H groups in total. The van der Waals surface area contributed by atoms with E-state index < -0.39 is 0 Å². The molecule has 2 aliphatic heterocycles. The van der Waals surface area contributed by atoms with Gasteiger partial charge >= 0.3 is 0 Å². The van der Waals surface area contributed by atoms with E-state index in [1.54, 1.807) is 0 Å². The van der Waals surface area contributed by atoms with Crippen molar-refractivity contribution < 1.29 is 14.6 Å². The Balaban J connectivity index is 1.51. The molecule has 0 aromatic heterocycles.